The smallest absolute Gasteiger partial charge is 0.102 e. The maximum Gasteiger partial charge on any atom is 0.102 e. The van der Waals surface area contributed by atoms with E-state index in [0.717, 1.165) is 5.69 Å². The molecule has 118 valence electrons. The van der Waals surface area contributed by atoms with Crippen molar-refractivity contribution in [2.24, 2.45) is 0 Å². The maximum absolute atomic E-state index is 4.68. The molecule has 0 amide bonds. The van der Waals surface area contributed by atoms with Gasteiger partial charge in [-0.25, -0.2) is 0 Å². The van der Waals surface area contributed by atoms with Gasteiger partial charge in [0.15, 0.2) is 0 Å². The molecular weight excluding hydrogens is 282 g/mol. The van der Waals surface area contributed by atoms with Crippen LogP contribution < -0.4 is 4.90 Å². The predicted molar refractivity (Wildman–Crippen MR) is 95.4 cm³/mol. The molecule has 3 nitrogen and oxygen atoms in total. The third kappa shape index (κ3) is 1.79. The summed E-state index contributed by atoms with van der Waals surface area (Å²) in [5.74, 6) is 0. The van der Waals surface area contributed by atoms with Gasteiger partial charge < -0.3 is 9.80 Å². The van der Waals surface area contributed by atoms with Crippen molar-refractivity contribution in [2.75, 3.05) is 11.9 Å². The van der Waals surface area contributed by atoms with Crippen molar-refractivity contribution in [1.29, 1.82) is 0 Å². The zero-order valence-electron chi connectivity index (χ0n) is 14.5. The predicted octanol–water partition coefficient (Wildman–Crippen LogP) is 4.27. The first-order valence-electron chi connectivity index (χ1n) is 8.21. The Hall–Kier alpha value is -2.29. The number of hydrogen-bond donors (Lipinski definition) is 0. The lowest BCUT2D eigenvalue weighted by Gasteiger charge is -2.33. The van der Waals surface area contributed by atoms with Crippen LogP contribution in [0.15, 0.2) is 42.9 Å². The Morgan fingerprint density at radius 2 is 1.91 bits per heavy atom. The van der Waals surface area contributed by atoms with E-state index in [1.54, 1.807) is 0 Å². The SMILES string of the molecule is Cc1ccc2c(c1N1C=CN(C)[C@@H]1C)C(C)(C)c1cccnc1-2. The molecule has 0 unspecified atom stereocenters. The standard InChI is InChI=1S/C20H23N3/c1-13-8-9-15-17(19(13)23-12-11-22(5)14(23)2)20(3,4)16-7-6-10-21-18(15)16/h6-12,14H,1-5H3/t14-/m0/s1. The molecule has 2 aromatic rings. The Labute approximate surface area is 138 Å². The fourth-order valence-corrected chi connectivity index (χ4v) is 4.00. The molecule has 0 saturated carbocycles. The van der Waals surface area contributed by atoms with E-state index in [2.05, 4.69) is 80.1 Å². The van der Waals surface area contributed by atoms with E-state index in [0.29, 0.717) is 6.17 Å². The van der Waals surface area contributed by atoms with Crippen molar-refractivity contribution in [2.45, 2.75) is 39.3 Å². The zero-order valence-corrected chi connectivity index (χ0v) is 14.5. The summed E-state index contributed by atoms with van der Waals surface area (Å²) < 4.78 is 0. The van der Waals surface area contributed by atoms with Gasteiger partial charge in [-0.15, -0.1) is 0 Å². The van der Waals surface area contributed by atoms with E-state index in [-0.39, 0.29) is 5.41 Å². The van der Waals surface area contributed by atoms with Gasteiger partial charge in [0.25, 0.3) is 0 Å². The fraction of sp³-hybridized carbons (Fsp3) is 0.350. The van der Waals surface area contributed by atoms with Gasteiger partial charge >= 0.3 is 0 Å². The summed E-state index contributed by atoms with van der Waals surface area (Å²) in [6.07, 6.45) is 6.57. The van der Waals surface area contributed by atoms with Gasteiger partial charge in [0.2, 0.25) is 0 Å². The van der Waals surface area contributed by atoms with Gasteiger partial charge in [0.1, 0.15) is 6.17 Å². The number of pyridine rings is 1. The molecule has 1 aliphatic carbocycles. The van der Waals surface area contributed by atoms with Crippen molar-refractivity contribution >= 4 is 5.69 Å². The first-order valence-corrected chi connectivity index (χ1v) is 8.21. The molecule has 0 radical (unpaired) electrons. The van der Waals surface area contributed by atoms with E-state index in [9.17, 15) is 0 Å². The van der Waals surface area contributed by atoms with Crippen molar-refractivity contribution in [3.05, 3.63) is 59.6 Å². The van der Waals surface area contributed by atoms with Crippen LogP contribution in [0.5, 0.6) is 0 Å². The molecule has 0 spiro atoms. The van der Waals surface area contributed by atoms with Crippen molar-refractivity contribution in [3.63, 3.8) is 0 Å². The quantitative estimate of drug-likeness (QED) is 0.784. The van der Waals surface area contributed by atoms with E-state index in [1.807, 2.05) is 12.3 Å². The summed E-state index contributed by atoms with van der Waals surface area (Å²) in [6, 6.07) is 8.73. The van der Waals surface area contributed by atoms with Gasteiger partial charge in [0.05, 0.1) is 11.4 Å². The van der Waals surface area contributed by atoms with Gasteiger partial charge in [-0.1, -0.05) is 32.0 Å². The Morgan fingerprint density at radius 1 is 1.13 bits per heavy atom. The van der Waals surface area contributed by atoms with Gasteiger partial charge in [-0.05, 0) is 36.6 Å². The molecule has 3 heteroatoms. The van der Waals surface area contributed by atoms with Crippen LogP contribution in [-0.2, 0) is 5.41 Å². The number of nitrogens with zero attached hydrogens (tertiary/aromatic N) is 3. The summed E-state index contributed by atoms with van der Waals surface area (Å²) >= 11 is 0. The largest absolute Gasteiger partial charge is 0.359 e. The lowest BCUT2D eigenvalue weighted by molar-refractivity contribution is 0.382. The number of aryl methyl sites for hydroxylation is 1. The molecule has 0 bridgehead atoms. The Balaban J connectivity index is 2.00. The summed E-state index contributed by atoms with van der Waals surface area (Å²) in [7, 11) is 2.13. The number of benzene rings is 1. The third-order valence-electron chi connectivity index (χ3n) is 5.45. The van der Waals surface area contributed by atoms with Crippen molar-refractivity contribution < 1.29 is 0 Å². The minimum absolute atomic E-state index is 0.0327. The minimum atomic E-state index is -0.0327. The van der Waals surface area contributed by atoms with Gasteiger partial charge in [-0.2, -0.15) is 0 Å². The molecule has 0 saturated heterocycles. The van der Waals surface area contributed by atoms with E-state index >= 15 is 0 Å². The van der Waals surface area contributed by atoms with E-state index < -0.39 is 0 Å². The van der Waals surface area contributed by atoms with E-state index in [4.69, 9.17) is 0 Å². The Morgan fingerprint density at radius 3 is 2.61 bits per heavy atom. The first kappa shape index (κ1) is 14.3. The van der Waals surface area contributed by atoms with E-state index in [1.165, 1.54) is 27.9 Å². The highest BCUT2D eigenvalue weighted by Gasteiger charge is 2.40. The van der Waals surface area contributed by atoms with Crippen molar-refractivity contribution in [1.82, 2.24) is 9.88 Å². The highest BCUT2D eigenvalue weighted by molar-refractivity contribution is 5.86. The first-order chi connectivity index (χ1) is 10.9. The van der Waals surface area contributed by atoms with Gasteiger partial charge in [0, 0.05) is 36.6 Å². The average molecular weight is 305 g/mol. The summed E-state index contributed by atoms with van der Waals surface area (Å²) in [4.78, 5) is 9.31. The monoisotopic (exact) mass is 305 g/mol. The molecule has 23 heavy (non-hydrogen) atoms. The van der Waals surface area contributed by atoms with Crippen LogP contribution in [0, 0.1) is 6.92 Å². The molecule has 1 atom stereocenters. The Kier molecular flexibility index (Phi) is 2.87. The van der Waals surface area contributed by atoms with Crippen LogP contribution >= 0.6 is 0 Å². The summed E-state index contributed by atoms with van der Waals surface area (Å²) in [5.41, 5.74) is 7.76. The number of hydrogen-bond acceptors (Lipinski definition) is 3. The normalized spacial score (nSPS) is 20.8. The molecule has 1 aromatic heterocycles. The summed E-state index contributed by atoms with van der Waals surface area (Å²) in [6.45, 7) is 9.08. The van der Waals surface area contributed by atoms with Crippen LogP contribution in [0.4, 0.5) is 5.69 Å². The molecular formula is C20H23N3. The third-order valence-corrected chi connectivity index (χ3v) is 5.45. The zero-order chi connectivity index (χ0) is 16.4. The Bertz CT molecular complexity index is 820. The molecule has 2 heterocycles. The highest BCUT2D eigenvalue weighted by Crippen LogP contribution is 2.52. The van der Waals surface area contributed by atoms with Gasteiger partial charge in [-0.3, -0.25) is 4.98 Å². The second-order valence-electron chi connectivity index (χ2n) is 7.18. The second-order valence-corrected chi connectivity index (χ2v) is 7.18. The molecule has 0 N–H and O–H groups in total. The number of rotatable bonds is 1. The molecule has 4 rings (SSSR count). The van der Waals surface area contributed by atoms with Crippen LogP contribution in [0.25, 0.3) is 11.3 Å². The van der Waals surface area contributed by atoms with Crippen LogP contribution in [0.3, 0.4) is 0 Å². The number of aromatic nitrogens is 1. The van der Waals surface area contributed by atoms with Crippen LogP contribution in [-0.4, -0.2) is 23.1 Å². The molecule has 0 fully saturated rings. The minimum Gasteiger partial charge on any atom is -0.359 e. The second kappa shape index (κ2) is 4.60. The molecule has 2 aliphatic rings. The molecule has 1 aliphatic heterocycles. The molecule has 1 aromatic carbocycles. The summed E-state index contributed by atoms with van der Waals surface area (Å²) in [5, 5.41) is 0. The maximum atomic E-state index is 4.68. The van der Waals surface area contributed by atoms with Crippen molar-refractivity contribution in [3.8, 4) is 11.3 Å². The highest BCUT2D eigenvalue weighted by atomic mass is 15.4. The number of fused-ring (bicyclic) bond motifs is 3. The fourth-order valence-electron chi connectivity index (χ4n) is 4.00. The van der Waals surface area contributed by atoms with Crippen LogP contribution in [0.2, 0.25) is 0 Å². The number of anilines is 1. The lowest BCUT2D eigenvalue weighted by atomic mass is 9.80. The lowest BCUT2D eigenvalue weighted by Crippen LogP contribution is -2.35. The topological polar surface area (TPSA) is 19.4 Å². The van der Waals surface area contributed by atoms with Crippen LogP contribution in [0.1, 0.15) is 37.5 Å². The average Bonchev–Trinajstić information content (AvgIpc) is 2.97.